The van der Waals surface area contributed by atoms with Crippen LogP contribution in [0.25, 0.3) is 22.2 Å². The number of aryl methyl sites for hydroxylation is 1. The van der Waals surface area contributed by atoms with Crippen LogP contribution in [0.1, 0.15) is 24.6 Å². The van der Waals surface area contributed by atoms with E-state index in [1.54, 1.807) is 19.1 Å². The molecule has 0 spiro atoms. The Bertz CT molecular complexity index is 1100. The average Bonchev–Trinajstić information content (AvgIpc) is 2.99. The van der Waals surface area contributed by atoms with Crippen molar-refractivity contribution < 1.29 is 23.4 Å². The van der Waals surface area contributed by atoms with Crippen LogP contribution in [0.5, 0.6) is 5.75 Å². The van der Waals surface area contributed by atoms with E-state index in [0.29, 0.717) is 42.3 Å². The van der Waals surface area contributed by atoms with E-state index in [4.69, 9.17) is 0 Å². The first kappa shape index (κ1) is 19.4. The van der Waals surface area contributed by atoms with Gasteiger partial charge in [0.2, 0.25) is 0 Å². The van der Waals surface area contributed by atoms with Gasteiger partial charge in [0, 0.05) is 29.7 Å². The molecule has 29 heavy (non-hydrogen) atoms. The lowest BCUT2D eigenvalue weighted by atomic mass is 10.0. The van der Waals surface area contributed by atoms with Gasteiger partial charge in [-0.05, 0) is 50.6 Å². The van der Waals surface area contributed by atoms with Crippen molar-refractivity contribution in [3.05, 3.63) is 41.6 Å². The molecule has 0 unspecified atom stereocenters. The molecule has 0 amide bonds. The van der Waals surface area contributed by atoms with Crippen molar-refractivity contribution in [1.29, 1.82) is 0 Å². The Balaban J connectivity index is 1.87. The quantitative estimate of drug-likeness (QED) is 0.678. The number of phenolic OH excluding ortho intramolecular Hbond substituents is 1. The molecule has 0 bridgehead atoms. The number of aliphatic hydroxyl groups is 1. The number of rotatable bonds is 2. The maximum Gasteiger partial charge on any atom is 0.416 e. The molecule has 152 valence electrons. The lowest BCUT2D eigenvalue weighted by Gasteiger charge is -2.21. The number of hydrogen-bond donors (Lipinski definition) is 2. The number of benzene rings is 1. The number of anilines is 1. The molecule has 0 radical (unpaired) electrons. The van der Waals surface area contributed by atoms with Gasteiger partial charge in [0.05, 0.1) is 11.2 Å². The molecule has 3 heterocycles. The van der Waals surface area contributed by atoms with Gasteiger partial charge < -0.3 is 15.1 Å². The molecule has 1 saturated heterocycles. The molecule has 1 fully saturated rings. The van der Waals surface area contributed by atoms with Crippen LogP contribution in [-0.4, -0.2) is 44.1 Å². The second-order valence-corrected chi connectivity index (χ2v) is 7.62. The lowest BCUT2D eigenvalue weighted by molar-refractivity contribution is -0.137. The van der Waals surface area contributed by atoms with Crippen LogP contribution in [0.3, 0.4) is 0 Å². The Kier molecular flexibility index (Phi) is 4.38. The Hall–Kier alpha value is -2.94. The molecule has 0 saturated carbocycles. The van der Waals surface area contributed by atoms with Crippen LogP contribution in [0.15, 0.2) is 30.3 Å². The highest BCUT2D eigenvalue weighted by Gasteiger charge is 2.34. The van der Waals surface area contributed by atoms with Crippen LogP contribution in [0, 0.1) is 6.92 Å². The van der Waals surface area contributed by atoms with Crippen LogP contribution < -0.4 is 4.90 Å². The molecule has 2 aromatic heterocycles. The van der Waals surface area contributed by atoms with Crippen molar-refractivity contribution in [1.82, 2.24) is 15.2 Å². The molecule has 9 heteroatoms. The largest absolute Gasteiger partial charge is 0.507 e. The van der Waals surface area contributed by atoms with Crippen molar-refractivity contribution in [3.63, 3.8) is 0 Å². The second kappa shape index (κ2) is 6.55. The smallest absolute Gasteiger partial charge is 0.416 e. The maximum atomic E-state index is 12.9. The average molecular weight is 404 g/mol. The van der Waals surface area contributed by atoms with Crippen LogP contribution in [-0.2, 0) is 6.18 Å². The summed E-state index contributed by atoms with van der Waals surface area (Å²) in [5.74, 6) is -0.0375. The fourth-order valence-corrected chi connectivity index (χ4v) is 3.56. The lowest BCUT2D eigenvalue weighted by Crippen LogP contribution is -2.30. The molecule has 1 atom stereocenters. The van der Waals surface area contributed by atoms with Gasteiger partial charge in [0.15, 0.2) is 5.82 Å². The second-order valence-electron chi connectivity index (χ2n) is 7.62. The summed E-state index contributed by atoms with van der Waals surface area (Å²) >= 11 is 0. The number of phenols is 1. The number of halogens is 3. The van der Waals surface area contributed by atoms with Crippen molar-refractivity contribution in [2.24, 2.45) is 0 Å². The van der Waals surface area contributed by atoms with E-state index in [1.165, 1.54) is 6.07 Å². The predicted octanol–water partition coefficient (Wildman–Crippen LogP) is 3.69. The molecule has 3 aromatic rings. The first-order valence-corrected chi connectivity index (χ1v) is 9.07. The Labute approximate surface area is 164 Å². The number of pyridine rings is 1. The van der Waals surface area contributed by atoms with Gasteiger partial charge in [-0.15, -0.1) is 10.2 Å². The van der Waals surface area contributed by atoms with Crippen molar-refractivity contribution >= 4 is 16.7 Å². The minimum Gasteiger partial charge on any atom is -0.507 e. The van der Waals surface area contributed by atoms with Gasteiger partial charge in [-0.3, -0.25) is 0 Å². The zero-order valence-corrected chi connectivity index (χ0v) is 15.8. The highest BCUT2D eigenvalue weighted by molar-refractivity contribution is 5.98. The topological polar surface area (TPSA) is 82.4 Å². The zero-order chi connectivity index (χ0) is 21.0. The fraction of sp³-hybridized carbons (Fsp3) is 0.350. The Morgan fingerprint density at radius 2 is 1.90 bits per heavy atom. The van der Waals surface area contributed by atoms with Gasteiger partial charge in [-0.25, -0.2) is 4.98 Å². The summed E-state index contributed by atoms with van der Waals surface area (Å²) < 4.78 is 38.7. The van der Waals surface area contributed by atoms with E-state index in [1.807, 2.05) is 11.8 Å². The fourth-order valence-electron chi connectivity index (χ4n) is 3.56. The molecular weight excluding hydrogens is 385 g/mol. The van der Waals surface area contributed by atoms with Gasteiger partial charge >= 0.3 is 6.18 Å². The Morgan fingerprint density at radius 1 is 1.14 bits per heavy atom. The standard InChI is InChI=1S/C20H19F3N4O2/c1-11-3-5-14-16(13-6-4-12(9-15(13)28)20(21,22)23)25-26-18(17(14)24-11)27-8-7-19(2,29)10-27/h3-6,9,28-29H,7-8,10H2,1-2H3/t19-/m0/s1. The summed E-state index contributed by atoms with van der Waals surface area (Å²) in [6.07, 6.45) is -3.98. The van der Waals surface area contributed by atoms with Gasteiger partial charge in [-0.1, -0.05) is 0 Å². The number of β-amino-alcohol motifs (C(OH)–C–C–N with tert-alkyl or cyclic N) is 1. The highest BCUT2D eigenvalue weighted by atomic mass is 19.4. The summed E-state index contributed by atoms with van der Waals surface area (Å²) in [6, 6.07) is 6.28. The third kappa shape index (κ3) is 3.57. The molecule has 2 N–H and O–H groups in total. The predicted molar refractivity (Wildman–Crippen MR) is 102 cm³/mol. The number of nitrogens with zero attached hydrogens (tertiary/aromatic N) is 4. The van der Waals surface area contributed by atoms with Crippen LogP contribution >= 0.6 is 0 Å². The van der Waals surface area contributed by atoms with Gasteiger partial charge in [0.25, 0.3) is 0 Å². The van der Waals surface area contributed by atoms with E-state index in [0.717, 1.165) is 11.8 Å². The first-order chi connectivity index (χ1) is 13.5. The maximum absolute atomic E-state index is 12.9. The van der Waals surface area contributed by atoms with Crippen molar-refractivity contribution in [2.75, 3.05) is 18.0 Å². The van der Waals surface area contributed by atoms with E-state index in [-0.39, 0.29) is 11.3 Å². The molecule has 1 aromatic carbocycles. The van der Waals surface area contributed by atoms with E-state index < -0.39 is 23.1 Å². The normalized spacial score (nSPS) is 19.9. The minimum absolute atomic E-state index is 0.140. The summed E-state index contributed by atoms with van der Waals surface area (Å²) in [4.78, 5) is 6.44. The summed E-state index contributed by atoms with van der Waals surface area (Å²) in [6.45, 7) is 4.52. The molecule has 4 rings (SSSR count). The van der Waals surface area contributed by atoms with Gasteiger partial charge in [0.1, 0.15) is 17.0 Å². The third-order valence-corrected chi connectivity index (χ3v) is 5.08. The number of alkyl halides is 3. The van der Waals surface area contributed by atoms with Crippen LogP contribution in [0.4, 0.5) is 19.0 Å². The highest BCUT2D eigenvalue weighted by Crippen LogP contribution is 2.39. The Morgan fingerprint density at radius 3 is 2.52 bits per heavy atom. The molecule has 0 aliphatic carbocycles. The number of aromatic hydroxyl groups is 1. The van der Waals surface area contributed by atoms with Crippen LogP contribution in [0.2, 0.25) is 0 Å². The third-order valence-electron chi connectivity index (χ3n) is 5.08. The number of fused-ring (bicyclic) bond motifs is 1. The summed E-state index contributed by atoms with van der Waals surface area (Å²) in [5, 5.41) is 29.5. The van der Waals surface area contributed by atoms with E-state index in [9.17, 15) is 23.4 Å². The van der Waals surface area contributed by atoms with Gasteiger partial charge in [-0.2, -0.15) is 13.2 Å². The first-order valence-electron chi connectivity index (χ1n) is 9.07. The SMILES string of the molecule is Cc1ccc2c(-c3ccc(C(F)(F)F)cc3O)nnc(N3CC[C@](C)(O)C3)c2n1. The van der Waals surface area contributed by atoms with Crippen molar-refractivity contribution in [2.45, 2.75) is 32.0 Å². The molecule has 6 nitrogen and oxygen atoms in total. The number of hydrogen-bond acceptors (Lipinski definition) is 6. The van der Waals surface area contributed by atoms with Crippen molar-refractivity contribution in [3.8, 4) is 17.0 Å². The summed E-state index contributed by atoms with van der Waals surface area (Å²) in [5.41, 5.74) is -0.148. The van der Waals surface area contributed by atoms with E-state index >= 15 is 0 Å². The number of aromatic nitrogens is 3. The molecule has 1 aliphatic heterocycles. The zero-order valence-electron chi connectivity index (χ0n) is 15.8. The molecule has 1 aliphatic rings. The minimum atomic E-state index is -4.56. The summed E-state index contributed by atoms with van der Waals surface area (Å²) in [7, 11) is 0. The monoisotopic (exact) mass is 404 g/mol. The molecular formula is C20H19F3N4O2. The van der Waals surface area contributed by atoms with E-state index in [2.05, 4.69) is 15.2 Å².